The van der Waals surface area contributed by atoms with Gasteiger partial charge in [0, 0.05) is 23.1 Å². The van der Waals surface area contributed by atoms with Crippen molar-refractivity contribution in [2.45, 2.75) is 32.3 Å². The van der Waals surface area contributed by atoms with Crippen LogP contribution in [0.2, 0.25) is 0 Å². The minimum Gasteiger partial charge on any atom is -0.478 e. The molecule has 0 saturated carbocycles. The normalized spacial score (nSPS) is 13.4. The lowest BCUT2D eigenvalue weighted by Crippen LogP contribution is -2.15. The van der Waals surface area contributed by atoms with E-state index in [2.05, 4.69) is 5.32 Å². The van der Waals surface area contributed by atoms with E-state index in [4.69, 9.17) is 4.74 Å². The topological polar surface area (TPSA) is 75.6 Å². The minimum absolute atomic E-state index is 0.132. The van der Waals surface area contributed by atoms with Gasteiger partial charge < -0.3 is 15.2 Å². The van der Waals surface area contributed by atoms with Crippen LogP contribution in [0, 0.1) is 0 Å². The van der Waals surface area contributed by atoms with E-state index in [1.807, 2.05) is 5.38 Å². The van der Waals surface area contributed by atoms with E-state index >= 15 is 0 Å². The smallest absolute Gasteiger partial charge is 0.335 e. The predicted octanol–water partition coefficient (Wildman–Crippen LogP) is 3.72. The molecule has 126 valence electrons. The molecule has 1 aliphatic rings. The van der Waals surface area contributed by atoms with Gasteiger partial charge in [0.2, 0.25) is 0 Å². The molecule has 0 atom stereocenters. The highest BCUT2D eigenvalue weighted by Crippen LogP contribution is 2.30. The van der Waals surface area contributed by atoms with Gasteiger partial charge in [-0.25, -0.2) is 4.79 Å². The summed E-state index contributed by atoms with van der Waals surface area (Å²) in [6.07, 6.45) is 4.26. The number of aromatic carboxylic acids is 1. The molecule has 2 N–H and O–H groups in total. The summed E-state index contributed by atoms with van der Waals surface area (Å²) < 4.78 is 5.07. The van der Waals surface area contributed by atoms with E-state index in [-0.39, 0.29) is 18.1 Å². The third-order valence-electron chi connectivity index (χ3n) is 4.11. The van der Waals surface area contributed by atoms with Crippen molar-refractivity contribution in [1.82, 2.24) is 0 Å². The molecule has 1 aromatic heterocycles. The summed E-state index contributed by atoms with van der Waals surface area (Å²) in [7, 11) is 1.54. The fourth-order valence-electron chi connectivity index (χ4n) is 3.02. The monoisotopic (exact) mass is 345 g/mol. The van der Waals surface area contributed by atoms with Gasteiger partial charge in [-0.3, -0.25) is 4.79 Å². The number of hydrogen-bond acceptors (Lipinski definition) is 4. The largest absolute Gasteiger partial charge is 0.478 e. The third kappa shape index (κ3) is 3.49. The van der Waals surface area contributed by atoms with Crippen LogP contribution in [-0.2, 0) is 24.2 Å². The maximum Gasteiger partial charge on any atom is 0.335 e. The zero-order chi connectivity index (χ0) is 17.1. The highest BCUT2D eigenvalue weighted by molar-refractivity contribution is 7.10. The van der Waals surface area contributed by atoms with Crippen LogP contribution in [0.15, 0.2) is 23.6 Å². The Morgan fingerprint density at radius 3 is 2.79 bits per heavy atom. The SMILES string of the molecule is COCc1cc(NC(=O)c2csc3c2CCCC3)cc(C(=O)O)c1. The molecule has 24 heavy (non-hydrogen) atoms. The number of fused-ring (bicyclic) bond motifs is 1. The molecule has 1 aliphatic carbocycles. The minimum atomic E-state index is -1.03. The van der Waals surface area contributed by atoms with Gasteiger partial charge in [-0.1, -0.05) is 0 Å². The van der Waals surface area contributed by atoms with Crippen LogP contribution in [0.25, 0.3) is 0 Å². The Kier molecular flexibility index (Phi) is 4.97. The molecule has 2 aromatic rings. The molecular weight excluding hydrogens is 326 g/mol. The highest BCUT2D eigenvalue weighted by Gasteiger charge is 2.20. The van der Waals surface area contributed by atoms with Crippen LogP contribution in [0.3, 0.4) is 0 Å². The summed E-state index contributed by atoms with van der Waals surface area (Å²) in [6, 6.07) is 4.76. The molecule has 5 nitrogen and oxygen atoms in total. The van der Waals surface area contributed by atoms with Crippen molar-refractivity contribution in [1.29, 1.82) is 0 Å². The van der Waals surface area contributed by atoms with Crippen molar-refractivity contribution in [3.63, 3.8) is 0 Å². The molecule has 1 amide bonds. The number of rotatable bonds is 5. The van der Waals surface area contributed by atoms with Gasteiger partial charge >= 0.3 is 5.97 Å². The molecule has 0 aliphatic heterocycles. The van der Waals surface area contributed by atoms with Gasteiger partial charge in [0.15, 0.2) is 0 Å². The number of anilines is 1. The van der Waals surface area contributed by atoms with Crippen LogP contribution in [0.4, 0.5) is 5.69 Å². The number of benzene rings is 1. The highest BCUT2D eigenvalue weighted by atomic mass is 32.1. The second-order valence-electron chi connectivity index (χ2n) is 5.87. The van der Waals surface area contributed by atoms with Crippen LogP contribution in [-0.4, -0.2) is 24.1 Å². The number of carboxylic acids is 1. The fourth-order valence-corrected chi connectivity index (χ4v) is 4.15. The maximum atomic E-state index is 12.6. The molecule has 0 radical (unpaired) electrons. The number of carboxylic acid groups (broad SMARTS) is 1. The van der Waals surface area contributed by atoms with E-state index in [0.29, 0.717) is 16.8 Å². The van der Waals surface area contributed by atoms with Crippen LogP contribution in [0.5, 0.6) is 0 Å². The summed E-state index contributed by atoms with van der Waals surface area (Å²) in [4.78, 5) is 25.2. The van der Waals surface area contributed by atoms with Crippen LogP contribution in [0.1, 0.15) is 49.6 Å². The molecule has 0 spiro atoms. The number of carbonyl (C=O) groups excluding carboxylic acids is 1. The van der Waals surface area contributed by atoms with Crippen molar-refractivity contribution < 1.29 is 19.4 Å². The lowest BCUT2D eigenvalue weighted by Gasteiger charge is -2.13. The lowest BCUT2D eigenvalue weighted by atomic mass is 9.95. The van der Waals surface area contributed by atoms with Gasteiger partial charge in [-0.2, -0.15) is 0 Å². The molecule has 3 rings (SSSR count). The number of nitrogens with one attached hydrogen (secondary N) is 1. The van der Waals surface area contributed by atoms with Crippen molar-refractivity contribution in [3.8, 4) is 0 Å². The first-order chi connectivity index (χ1) is 11.6. The molecule has 6 heteroatoms. The number of carbonyl (C=O) groups is 2. The van der Waals surface area contributed by atoms with Crippen molar-refractivity contribution in [2.24, 2.45) is 0 Å². The van der Waals surface area contributed by atoms with Crippen molar-refractivity contribution >= 4 is 28.9 Å². The van der Waals surface area contributed by atoms with E-state index < -0.39 is 5.97 Å². The zero-order valence-electron chi connectivity index (χ0n) is 13.4. The molecular formula is C18H19NO4S. The number of thiophene rings is 1. The third-order valence-corrected chi connectivity index (χ3v) is 5.20. The first-order valence-corrected chi connectivity index (χ1v) is 8.73. The van der Waals surface area contributed by atoms with Gasteiger partial charge in [0.25, 0.3) is 5.91 Å². The standard InChI is InChI=1S/C18H19NO4S/c1-23-9-11-6-12(18(21)22)8-13(7-11)19-17(20)15-10-24-16-5-3-2-4-14(15)16/h6-8,10H,2-5,9H2,1H3,(H,19,20)(H,21,22). The Morgan fingerprint density at radius 2 is 2.04 bits per heavy atom. The number of ether oxygens (including phenoxy) is 1. The Hall–Kier alpha value is -2.18. The average molecular weight is 345 g/mol. The van der Waals surface area contributed by atoms with Crippen LogP contribution >= 0.6 is 11.3 Å². The maximum absolute atomic E-state index is 12.6. The number of methoxy groups -OCH3 is 1. The van der Waals surface area contributed by atoms with Gasteiger partial charge in [-0.15, -0.1) is 11.3 Å². The first kappa shape index (κ1) is 16.7. The fraction of sp³-hybridized carbons (Fsp3) is 0.333. The first-order valence-electron chi connectivity index (χ1n) is 7.85. The zero-order valence-corrected chi connectivity index (χ0v) is 14.2. The Labute approximate surface area is 144 Å². The molecule has 1 aromatic carbocycles. The summed E-state index contributed by atoms with van der Waals surface area (Å²) >= 11 is 1.64. The summed E-state index contributed by atoms with van der Waals surface area (Å²) in [5, 5.41) is 14.0. The second kappa shape index (κ2) is 7.15. The van der Waals surface area contributed by atoms with Crippen molar-refractivity contribution in [2.75, 3.05) is 12.4 Å². The quantitative estimate of drug-likeness (QED) is 0.866. The van der Waals surface area contributed by atoms with E-state index in [1.54, 1.807) is 30.6 Å². The van der Waals surface area contributed by atoms with Gasteiger partial charge in [-0.05, 0) is 55.0 Å². The molecule has 0 bridgehead atoms. The van der Waals surface area contributed by atoms with Gasteiger partial charge in [0.1, 0.15) is 0 Å². The summed E-state index contributed by atoms with van der Waals surface area (Å²) in [6.45, 7) is 0.290. The summed E-state index contributed by atoms with van der Waals surface area (Å²) in [5.41, 5.74) is 3.17. The average Bonchev–Trinajstić information content (AvgIpc) is 2.99. The number of amides is 1. The van der Waals surface area contributed by atoms with E-state index in [9.17, 15) is 14.7 Å². The Morgan fingerprint density at radius 1 is 1.25 bits per heavy atom. The molecule has 1 heterocycles. The van der Waals surface area contributed by atoms with E-state index in [1.165, 1.54) is 17.4 Å². The lowest BCUT2D eigenvalue weighted by molar-refractivity contribution is 0.0696. The van der Waals surface area contributed by atoms with Crippen molar-refractivity contribution in [3.05, 3.63) is 50.7 Å². The molecule has 0 fully saturated rings. The Balaban J connectivity index is 1.86. The van der Waals surface area contributed by atoms with Crippen LogP contribution < -0.4 is 5.32 Å². The second-order valence-corrected chi connectivity index (χ2v) is 6.83. The predicted molar refractivity (Wildman–Crippen MR) is 93.0 cm³/mol. The molecule has 0 saturated heterocycles. The van der Waals surface area contributed by atoms with E-state index in [0.717, 1.165) is 24.8 Å². The number of hydrogen-bond donors (Lipinski definition) is 2. The summed E-state index contributed by atoms with van der Waals surface area (Å²) in [5.74, 6) is -1.21. The molecule has 0 unspecified atom stereocenters. The Bertz CT molecular complexity index is 781. The van der Waals surface area contributed by atoms with Gasteiger partial charge in [0.05, 0.1) is 17.7 Å². The number of aryl methyl sites for hydroxylation is 1.